The van der Waals surface area contributed by atoms with Crippen molar-refractivity contribution in [2.24, 2.45) is 11.7 Å². The number of rotatable bonds is 4. The zero-order valence-electron chi connectivity index (χ0n) is 14.7. The van der Waals surface area contributed by atoms with Gasteiger partial charge in [0.15, 0.2) is 0 Å². The van der Waals surface area contributed by atoms with Crippen molar-refractivity contribution in [3.63, 3.8) is 0 Å². The number of imide groups is 1. The van der Waals surface area contributed by atoms with Crippen molar-refractivity contribution in [1.29, 1.82) is 0 Å². The summed E-state index contributed by atoms with van der Waals surface area (Å²) in [6.07, 6.45) is 1.81. The Bertz CT molecular complexity index is 763. The topological polar surface area (TPSA) is 95.7 Å². The van der Waals surface area contributed by atoms with Crippen molar-refractivity contribution < 1.29 is 14.4 Å². The van der Waals surface area contributed by atoms with Gasteiger partial charge in [0, 0.05) is 31.6 Å². The lowest BCUT2D eigenvalue weighted by atomic mass is 10.0. The van der Waals surface area contributed by atoms with E-state index in [1.165, 1.54) is 5.56 Å². The first kappa shape index (κ1) is 17.2. The lowest BCUT2D eigenvalue weighted by Gasteiger charge is -2.29. The fourth-order valence-corrected chi connectivity index (χ4v) is 4.23. The van der Waals surface area contributed by atoms with Crippen molar-refractivity contribution in [2.45, 2.75) is 38.4 Å². The molecule has 0 saturated carbocycles. The SMILES string of the molecule is NCC1CCN(Cc2ccc3c(c2)CN(C2CCC(=O)NC2=O)C3=O)C1. The highest BCUT2D eigenvalue weighted by Gasteiger charge is 2.39. The van der Waals surface area contributed by atoms with Gasteiger partial charge in [-0.15, -0.1) is 0 Å². The van der Waals surface area contributed by atoms with Gasteiger partial charge in [0.25, 0.3) is 5.91 Å². The first-order valence-corrected chi connectivity index (χ1v) is 9.24. The molecule has 1 aromatic carbocycles. The maximum absolute atomic E-state index is 12.7. The fraction of sp³-hybridized carbons (Fsp3) is 0.526. The Hall–Kier alpha value is -2.25. The molecule has 3 amide bonds. The van der Waals surface area contributed by atoms with Crippen molar-refractivity contribution in [1.82, 2.24) is 15.1 Å². The van der Waals surface area contributed by atoms with Crippen LogP contribution < -0.4 is 11.1 Å². The number of fused-ring (bicyclic) bond motifs is 1. The Morgan fingerprint density at radius 1 is 1.19 bits per heavy atom. The minimum absolute atomic E-state index is 0.120. The molecule has 7 nitrogen and oxygen atoms in total. The molecular formula is C19H24N4O3. The summed E-state index contributed by atoms with van der Waals surface area (Å²) in [4.78, 5) is 40.1. The number of likely N-dealkylation sites (tertiary alicyclic amines) is 1. The molecule has 2 unspecified atom stereocenters. The zero-order chi connectivity index (χ0) is 18.3. The third kappa shape index (κ3) is 3.12. The number of hydrogen-bond donors (Lipinski definition) is 2. The summed E-state index contributed by atoms with van der Waals surface area (Å²) in [6, 6.07) is 5.39. The second kappa shape index (κ2) is 6.81. The van der Waals surface area contributed by atoms with Crippen molar-refractivity contribution >= 4 is 17.7 Å². The summed E-state index contributed by atoms with van der Waals surface area (Å²) >= 11 is 0. The minimum atomic E-state index is -0.556. The molecule has 0 radical (unpaired) electrons. The van der Waals surface area contributed by atoms with Crippen LogP contribution in [-0.2, 0) is 22.7 Å². The Morgan fingerprint density at radius 3 is 2.77 bits per heavy atom. The highest BCUT2D eigenvalue weighted by atomic mass is 16.2. The standard InChI is InChI=1S/C19H24N4O3/c20-8-13-5-6-22(10-13)9-12-1-2-15-14(7-12)11-23(19(15)26)16-3-4-17(24)21-18(16)25/h1-2,7,13,16H,3-6,8-11,20H2,(H,21,24,25). The van der Waals surface area contributed by atoms with Crippen LogP contribution in [0.5, 0.6) is 0 Å². The molecule has 4 rings (SSSR count). The van der Waals surface area contributed by atoms with Crippen LogP contribution in [0.2, 0.25) is 0 Å². The summed E-state index contributed by atoms with van der Waals surface area (Å²) in [6.45, 7) is 4.10. The van der Waals surface area contributed by atoms with E-state index >= 15 is 0 Å². The van der Waals surface area contributed by atoms with Gasteiger partial charge in [-0.1, -0.05) is 12.1 Å². The van der Waals surface area contributed by atoms with E-state index in [0.717, 1.165) is 38.2 Å². The van der Waals surface area contributed by atoms with Crippen LogP contribution in [-0.4, -0.2) is 53.2 Å². The summed E-state index contributed by atoms with van der Waals surface area (Å²) in [5.41, 5.74) is 8.57. The summed E-state index contributed by atoms with van der Waals surface area (Å²) in [5.74, 6) is -0.175. The predicted octanol–water partition coefficient (Wildman–Crippen LogP) is 0.228. The van der Waals surface area contributed by atoms with Gasteiger partial charge < -0.3 is 10.6 Å². The second-order valence-corrected chi connectivity index (χ2v) is 7.52. The molecule has 7 heteroatoms. The van der Waals surface area contributed by atoms with E-state index in [4.69, 9.17) is 5.73 Å². The Kier molecular flexibility index (Phi) is 4.50. The number of carbonyl (C=O) groups excluding carboxylic acids is 3. The van der Waals surface area contributed by atoms with Gasteiger partial charge in [0.2, 0.25) is 11.8 Å². The lowest BCUT2D eigenvalue weighted by Crippen LogP contribution is -2.52. The molecule has 0 bridgehead atoms. The molecule has 2 fully saturated rings. The maximum Gasteiger partial charge on any atom is 0.255 e. The number of hydrogen-bond acceptors (Lipinski definition) is 5. The minimum Gasteiger partial charge on any atom is -0.330 e. The third-order valence-corrected chi connectivity index (χ3v) is 5.70. The van der Waals surface area contributed by atoms with Crippen LogP contribution in [0.25, 0.3) is 0 Å². The number of nitrogens with zero attached hydrogens (tertiary/aromatic N) is 2. The summed E-state index contributed by atoms with van der Waals surface area (Å²) in [7, 11) is 0. The normalized spacial score (nSPS) is 26.3. The number of amides is 3. The molecule has 0 aliphatic carbocycles. The van der Waals surface area contributed by atoms with E-state index in [0.29, 0.717) is 24.4 Å². The Morgan fingerprint density at radius 2 is 2.04 bits per heavy atom. The smallest absolute Gasteiger partial charge is 0.255 e. The van der Waals surface area contributed by atoms with Gasteiger partial charge >= 0.3 is 0 Å². The molecule has 1 aromatic rings. The first-order valence-electron chi connectivity index (χ1n) is 9.24. The van der Waals surface area contributed by atoms with E-state index in [2.05, 4.69) is 16.3 Å². The van der Waals surface area contributed by atoms with Crippen LogP contribution in [0, 0.1) is 5.92 Å². The van der Waals surface area contributed by atoms with Crippen LogP contribution in [0.15, 0.2) is 18.2 Å². The Labute approximate surface area is 152 Å². The van der Waals surface area contributed by atoms with E-state index in [1.807, 2.05) is 12.1 Å². The van der Waals surface area contributed by atoms with E-state index in [-0.39, 0.29) is 24.1 Å². The molecule has 26 heavy (non-hydrogen) atoms. The molecule has 0 spiro atoms. The van der Waals surface area contributed by atoms with Crippen LogP contribution in [0.3, 0.4) is 0 Å². The molecule has 2 saturated heterocycles. The highest BCUT2D eigenvalue weighted by molar-refractivity contribution is 6.05. The molecular weight excluding hydrogens is 332 g/mol. The van der Waals surface area contributed by atoms with Gasteiger partial charge in [-0.2, -0.15) is 0 Å². The predicted molar refractivity (Wildman–Crippen MR) is 94.9 cm³/mol. The average Bonchev–Trinajstić information content (AvgIpc) is 3.19. The molecule has 3 N–H and O–H groups in total. The van der Waals surface area contributed by atoms with Crippen molar-refractivity contribution in [3.8, 4) is 0 Å². The molecule has 2 atom stereocenters. The zero-order valence-corrected chi connectivity index (χ0v) is 14.7. The van der Waals surface area contributed by atoms with Crippen molar-refractivity contribution in [2.75, 3.05) is 19.6 Å². The van der Waals surface area contributed by atoms with E-state index < -0.39 is 6.04 Å². The number of nitrogens with one attached hydrogen (secondary N) is 1. The average molecular weight is 356 g/mol. The van der Waals surface area contributed by atoms with Gasteiger partial charge in [-0.3, -0.25) is 24.6 Å². The van der Waals surface area contributed by atoms with Gasteiger partial charge in [0.05, 0.1) is 0 Å². The molecule has 0 aromatic heterocycles. The van der Waals surface area contributed by atoms with E-state index in [1.54, 1.807) is 4.90 Å². The number of piperidine rings is 1. The summed E-state index contributed by atoms with van der Waals surface area (Å²) in [5, 5.41) is 2.33. The maximum atomic E-state index is 12.7. The molecule has 138 valence electrons. The van der Waals surface area contributed by atoms with Gasteiger partial charge in [-0.05, 0) is 49.0 Å². The van der Waals surface area contributed by atoms with Crippen LogP contribution in [0.4, 0.5) is 0 Å². The second-order valence-electron chi connectivity index (χ2n) is 7.52. The number of benzene rings is 1. The molecule has 3 heterocycles. The highest BCUT2D eigenvalue weighted by Crippen LogP contribution is 2.29. The quantitative estimate of drug-likeness (QED) is 0.753. The van der Waals surface area contributed by atoms with Crippen LogP contribution in [0.1, 0.15) is 40.7 Å². The third-order valence-electron chi connectivity index (χ3n) is 5.70. The van der Waals surface area contributed by atoms with Gasteiger partial charge in [-0.25, -0.2) is 0 Å². The Balaban J connectivity index is 1.46. The number of carbonyl (C=O) groups is 3. The van der Waals surface area contributed by atoms with E-state index in [9.17, 15) is 14.4 Å². The first-order chi connectivity index (χ1) is 12.5. The monoisotopic (exact) mass is 356 g/mol. The number of nitrogens with two attached hydrogens (primary N) is 1. The van der Waals surface area contributed by atoms with Crippen LogP contribution >= 0.6 is 0 Å². The molecule has 3 aliphatic rings. The summed E-state index contributed by atoms with van der Waals surface area (Å²) < 4.78 is 0. The fourth-order valence-electron chi connectivity index (χ4n) is 4.23. The van der Waals surface area contributed by atoms with Crippen molar-refractivity contribution in [3.05, 3.63) is 34.9 Å². The lowest BCUT2D eigenvalue weighted by molar-refractivity contribution is -0.136. The largest absolute Gasteiger partial charge is 0.330 e. The van der Waals surface area contributed by atoms with Gasteiger partial charge in [0.1, 0.15) is 6.04 Å². The molecule has 3 aliphatic heterocycles.